The Morgan fingerprint density at radius 1 is 1.06 bits per heavy atom. The molecule has 160 valence electrons. The Morgan fingerprint density at radius 3 is 2.52 bits per heavy atom. The highest BCUT2D eigenvalue weighted by Gasteiger charge is 2.44. The number of rotatable bonds is 6. The minimum absolute atomic E-state index is 0.0352. The van der Waals surface area contributed by atoms with E-state index in [1.54, 1.807) is 25.1 Å². The van der Waals surface area contributed by atoms with Crippen LogP contribution in [0.5, 0.6) is 0 Å². The van der Waals surface area contributed by atoms with Crippen molar-refractivity contribution in [2.45, 2.75) is 24.2 Å². The van der Waals surface area contributed by atoms with E-state index >= 15 is 0 Å². The lowest BCUT2D eigenvalue weighted by molar-refractivity contribution is -0.117. The number of benzene rings is 3. The lowest BCUT2D eigenvalue weighted by atomic mass is 10.1. The van der Waals surface area contributed by atoms with Crippen LogP contribution in [0.4, 0.5) is 15.8 Å². The van der Waals surface area contributed by atoms with Crippen molar-refractivity contribution >= 4 is 38.9 Å². The fourth-order valence-electron chi connectivity index (χ4n) is 3.55. The maximum Gasteiger partial charge on any atom is 0.262 e. The summed E-state index contributed by atoms with van der Waals surface area (Å²) < 4.78 is 41.8. The third kappa shape index (κ3) is 4.57. The van der Waals surface area contributed by atoms with Gasteiger partial charge in [-0.15, -0.1) is 0 Å². The van der Waals surface area contributed by atoms with Gasteiger partial charge in [0, 0.05) is 16.6 Å². The van der Waals surface area contributed by atoms with Crippen molar-refractivity contribution in [3.63, 3.8) is 0 Å². The molecule has 31 heavy (non-hydrogen) atoms. The van der Waals surface area contributed by atoms with Gasteiger partial charge in [0.1, 0.15) is 5.82 Å². The molecule has 4 rings (SSSR count). The van der Waals surface area contributed by atoms with Crippen molar-refractivity contribution in [1.29, 1.82) is 0 Å². The van der Waals surface area contributed by atoms with E-state index < -0.39 is 15.8 Å². The molecule has 3 aromatic carbocycles. The van der Waals surface area contributed by atoms with Gasteiger partial charge in [-0.25, -0.2) is 12.8 Å². The summed E-state index contributed by atoms with van der Waals surface area (Å²) in [5.74, 6) is -1.05. The molecular formula is C23H20ClFN2O3S. The standard InChI is InChI=1S/C23H20ClFN2O3S/c1-14-10-11-15(12-22(14)31(29,30)27-21-9-5-4-8-20(21)25)26-23(28)18-13-17(18)16-6-2-3-7-19(16)24/h2-12,17-18,27H,13H2,1H3,(H,26,28). The van der Waals surface area contributed by atoms with Crippen LogP contribution >= 0.6 is 11.6 Å². The van der Waals surface area contributed by atoms with E-state index in [0.29, 0.717) is 22.7 Å². The first-order valence-corrected chi connectivity index (χ1v) is 11.6. The molecule has 2 atom stereocenters. The number of anilines is 2. The maximum atomic E-state index is 13.9. The number of para-hydroxylation sites is 1. The summed E-state index contributed by atoms with van der Waals surface area (Å²) in [5.41, 5.74) is 1.62. The van der Waals surface area contributed by atoms with E-state index in [-0.39, 0.29) is 28.3 Å². The molecule has 1 aliphatic carbocycles. The molecule has 2 N–H and O–H groups in total. The Balaban J connectivity index is 1.51. The zero-order valence-corrected chi connectivity index (χ0v) is 18.2. The normalized spacial score (nSPS) is 17.8. The Kier molecular flexibility index (Phi) is 5.73. The van der Waals surface area contributed by atoms with Gasteiger partial charge >= 0.3 is 0 Å². The predicted molar refractivity (Wildman–Crippen MR) is 119 cm³/mol. The largest absolute Gasteiger partial charge is 0.326 e. The highest BCUT2D eigenvalue weighted by Crippen LogP contribution is 2.50. The summed E-state index contributed by atoms with van der Waals surface area (Å²) >= 11 is 6.22. The van der Waals surface area contributed by atoms with Crippen molar-refractivity contribution in [3.05, 3.63) is 88.7 Å². The van der Waals surface area contributed by atoms with Crippen molar-refractivity contribution in [3.8, 4) is 0 Å². The smallest absolute Gasteiger partial charge is 0.262 e. The topological polar surface area (TPSA) is 75.3 Å². The number of halogens is 2. The van der Waals surface area contributed by atoms with Crippen LogP contribution in [0.2, 0.25) is 5.02 Å². The van der Waals surface area contributed by atoms with Gasteiger partial charge in [-0.1, -0.05) is 48.0 Å². The average Bonchev–Trinajstić information content (AvgIpc) is 3.52. The molecule has 1 fully saturated rings. The Morgan fingerprint density at radius 2 is 1.77 bits per heavy atom. The molecule has 2 unspecified atom stereocenters. The number of sulfonamides is 1. The first kappa shape index (κ1) is 21.3. The molecule has 0 spiro atoms. The summed E-state index contributed by atoms with van der Waals surface area (Å²) in [6, 6.07) is 17.6. The summed E-state index contributed by atoms with van der Waals surface area (Å²) in [4.78, 5) is 12.6. The second-order valence-electron chi connectivity index (χ2n) is 7.53. The van der Waals surface area contributed by atoms with Crippen molar-refractivity contribution in [1.82, 2.24) is 0 Å². The van der Waals surface area contributed by atoms with Gasteiger partial charge < -0.3 is 5.32 Å². The molecule has 0 bridgehead atoms. The molecule has 5 nitrogen and oxygen atoms in total. The molecule has 1 saturated carbocycles. The van der Waals surface area contributed by atoms with Gasteiger partial charge in [0.05, 0.1) is 10.6 Å². The summed E-state index contributed by atoms with van der Waals surface area (Å²) in [7, 11) is -4.05. The van der Waals surface area contributed by atoms with E-state index in [1.165, 1.54) is 30.3 Å². The first-order valence-electron chi connectivity index (χ1n) is 9.69. The number of hydrogen-bond acceptors (Lipinski definition) is 3. The molecule has 0 saturated heterocycles. The predicted octanol–water partition coefficient (Wildman–Crippen LogP) is 5.33. The molecular weight excluding hydrogens is 439 g/mol. The number of hydrogen-bond donors (Lipinski definition) is 2. The second kappa shape index (κ2) is 8.32. The van der Waals surface area contributed by atoms with E-state index in [1.807, 2.05) is 18.2 Å². The van der Waals surface area contributed by atoms with Crippen LogP contribution in [0.3, 0.4) is 0 Å². The summed E-state index contributed by atoms with van der Waals surface area (Å²) in [5, 5.41) is 3.42. The fourth-order valence-corrected chi connectivity index (χ4v) is 5.17. The number of amides is 1. The van der Waals surface area contributed by atoms with Gasteiger partial charge in [-0.3, -0.25) is 9.52 Å². The minimum atomic E-state index is -4.05. The zero-order chi connectivity index (χ0) is 22.2. The SMILES string of the molecule is Cc1ccc(NC(=O)C2CC2c2ccccc2Cl)cc1S(=O)(=O)Nc1ccccc1F. The molecule has 0 heterocycles. The van der Waals surface area contributed by atoms with E-state index in [4.69, 9.17) is 11.6 Å². The van der Waals surface area contributed by atoms with Gasteiger partial charge in [0.25, 0.3) is 10.0 Å². The molecule has 8 heteroatoms. The van der Waals surface area contributed by atoms with Gasteiger partial charge in [-0.05, 0) is 60.7 Å². The first-order chi connectivity index (χ1) is 14.8. The third-order valence-electron chi connectivity index (χ3n) is 5.30. The van der Waals surface area contributed by atoms with Crippen LogP contribution in [0.15, 0.2) is 71.6 Å². The zero-order valence-electron chi connectivity index (χ0n) is 16.6. The van der Waals surface area contributed by atoms with E-state index in [2.05, 4.69) is 10.0 Å². The lowest BCUT2D eigenvalue weighted by Gasteiger charge is -2.13. The van der Waals surface area contributed by atoms with Gasteiger partial charge in [0.2, 0.25) is 5.91 Å². The highest BCUT2D eigenvalue weighted by molar-refractivity contribution is 7.92. The molecule has 0 aromatic heterocycles. The monoisotopic (exact) mass is 458 g/mol. The fraction of sp³-hybridized carbons (Fsp3) is 0.174. The third-order valence-corrected chi connectivity index (χ3v) is 7.15. The number of nitrogens with one attached hydrogen (secondary N) is 2. The quantitative estimate of drug-likeness (QED) is 0.524. The Hall–Kier alpha value is -2.90. The number of aryl methyl sites for hydroxylation is 1. The Labute approximate surface area is 185 Å². The lowest BCUT2D eigenvalue weighted by Crippen LogP contribution is -2.17. The van der Waals surface area contributed by atoms with Crippen LogP contribution < -0.4 is 10.0 Å². The number of carbonyl (C=O) groups is 1. The minimum Gasteiger partial charge on any atom is -0.326 e. The van der Waals surface area contributed by atoms with Crippen molar-refractivity contribution in [2.75, 3.05) is 10.0 Å². The van der Waals surface area contributed by atoms with Crippen molar-refractivity contribution in [2.24, 2.45) is 5.92 Å². The molecule has 1 aliphatic rings. The highest BCUT2D eigenvalue weighted by atomic mass is 35.5. The maximum absolute atomic E-state index is 13.9. The molecule has 0 radical (unpaired) electrons. The number of carbonyl (C=O) groups excluding carboxylic acids is 1. The van der Waals surface area contributed by atoms with Crippen LogP contribution in [0.25, 0.3) is 0 Å². The summed E-state index contributed by atoms with van der Waals surface area (Å²) in [6.45, 7) is 1.63. The van der Waals surface area contributed by atoms with Crippen molar-refractivity contribution < 1.29 is 17.6 Å². The van der Waals surface area contributed by atoms with E-state index in [0.717, 1.165) is 5.56 Å². The van der Waals surface area contributed by atoms with Crippen LogP contribution in [0.1, 0.15) is 23.5 Å². The van der Waals surface area contributed by atoms with Crippen LogP contribution in [-0.4, -0.2) is 14.3 Å². The average molecular weight is 459 g/mol. The second-order valence-corrected chi connectivity index (χ2v) is 9.58. The van der Waals surface area contributed by atoms with Crippen LogP contribution in [-0.2, 0) is 14.8 Å². The van der Waals surface area contributed by atoms with Gasteiger partial charge in [0.15, 0.2) is 0 Å². The molecule has 0 aliphatic heterocycles. The van der Waals surface area contributed by atoms with Crippen LogP contribution in [0, 0.1) is 18.7 Å². The Bertz CT molecular complexity index is 1260. The molecule has 1 amide bonds. The van der Waals surface area contributed by atoms with Gasteiger partial charge in [-0.2, -0.15) is 0 Å². The molecule has 3 aromatic rings. The van der Waals surface area contributed by atoms with E-state index in [9.17, 15) is 17.6 Å². The summed E-state index contributed by atoms with van der Waals surface area (Å²) in [6.07, 6.45) is 0.682.